The fraction of sp³-hybridized carbons (Fsp3) is 0.111. The highest BCUT2D eigenvalue weighted by Crippen LogP contribution is 2.01. The lowest BCUT2D eigenvalue weighted by Crippen LogP contribution is -2.20. The van der Waals surface area contributed by atoms with Crippen LogP contribution in [-0.2, 0) is 11.2 Å². The minimum atomic E-state index is -0.117. The highest BCUT2D eigenvalue weighted by molar-refractivity contribution is 5.97. The van der Waals surface area contributed by atoms with E-state index in [0.717, 1.165) is 16.8 Å². The number of nitrogens with zero attached hydrogens (tertiary/aromatic N) is 1. The molecule has 2 aromatic rings. The Bertz CT molecular complexity index is 631. The van der Waals surface area contributed by atoms with E-state index in [1.807, 2.05) is 79.7 Å². The van der Waals surface area contributed by atoms with Gasteiger partial charge in [0.1, 0.15) is 0 Å². The maximum absolute atomic E-state index is 11.7. The van der Waals surface area contributed by atoms with Crippen LogP contribution in [0, 0.1) is 0 Å². The Kier molecular flexibility index (Phi) is 5.47. The molecule has 21 heavy (non-hydrogen) atoms. The molecular weight excluding hydrogens is 260 g/mol. The van der Waals surface area contributed by atoms with Crippen molar-refractivity contribution < 1.29 is 4.79 Å². The summed E-state index contributed by atoms with van der Waals surface area (Å²) in [6.07, 6.45) is 4.17. The molecule has 0 aliphatic rings. The molecule has 106 valence electrons. The van der Waals surface area contributed by atoms with Crippen LogP contribution in [0.3, 0.4) is 0 Å². The SMILES string of the molecule is CC(/C=C/c1ccccc1)=NNC(=O)Cc1ccccc1. The van der Waals surface area contributed by atoms with Crippen LogP contribution < -0.4 is 5.43 Å². The summed E-state index contributed by atoms with van der Waals surface area (Å²) in [7, 11) is 0. The van der Waals surface area contributed by atoms with Crippen molar-refractivity contribution in [1.82, 2.24) is 5.43 Å². The molecule has 0 spiro atoms. The van der Waals surface area contributed by atoms with Gasteiger partial charge in [0.05, 0.1) is 12.1 Å². The van der Waals surface area contributed by atoms with Gasteiger partial charge in [0, 0.05) is 0 Å². The zero-order valence-electron chi connectivity index (χ0n) is 12.0. The van der Waals surface area contributed by atoms with E-state index in [0.29, 0.717) is 6.42 Å². The van der Waals surface area contributed by atoms with Crippen LogP contribution >= 0.6 is 0 Å². The second-order valence-electron chi connectivity index (χ2n) is 4.69. The molecule has 0 saturated carbocycles. The molecule has 3 heteroatoms. The van der Waals surface area contributed by atoms with Crippen LogP contribution in [-0.4, -0.2) is 11.6 Å². The first-order valence-corrected chi connectivity index (χ1v) is 6.84. The highest BCUT2D eigenvalue weighted by Gasteiger charge is 2.00. The molecule has 1 N–H and O–H groups in total. The third kappa shape index (κ3) is 5.45. The van der Waals surface area contributed by atoms with Gasteiger partial charge in [-0.3, -0.25) is 4.79 Å². The Labute approximate surface area is 125 Å². The van der Waals surface area contributed by atoms with E-state index < -0.39 is 0 Å². The van der Waals surface area contributed by atoms with E-state index in [9.17, 15) is 4.79 Å². The van der Waals surface area contributed by atoms with Crippen LogP contribution in [0.1, 0.15) is 18.1 Å². The van der Waals surface area contributed by atoms with Crippen molar-refractivity contribution in [3.05, 3.63) is 77.9 Å². The predicted octanol–water partition coefficient (Wildman–Crippen LogP) is 3.43. The van der Waals surface area contributed by atoms with Crippen molar-refractivity contribution in [2.24, 2.45) is 5.10 Å². The molecule has 1 amide bonds. The Morgan fingerprint density at radius 3 is 2.33 bits per heavy atom. The van der Waals surface area contributed by atoms with E-state index >= 15 is 0 Å². The lowest BCUT2D eigenvalue weighted by molar-refractivity contribution is -0.120. The van der Waals surface area contributed by atoms with Crippen molar-refractivity contribution in [3.8, 4) is 0 Å². The molecule has 0 bridgehead atoms. The number of hydrogen-bond acceptors (Lipinski definition) is 2. The highest BCUT2D eigenvalue weighted by atomic mass is 16.2. The smallest absolute Gasteiger partial charge is 0.244 e. The van der Waals surface area contributed by atoms with E-state index in [2.05, 4.69) is 10.5 Å². The van der Waals surface area contributed by atoms with Crippen LogP contribution in [0.2, 0.25) is 0 Å². The molecule has 3 nitrogen and oxygen atoms in total. The van der Waals surface area contributed by atoms with Crippen LogP contribution in [0.4, 0.5) is 0 Å². The van der Waals surface area contributed by atoms with Crippen molar-refractivity contribution in [1.29, 1.82) is 0 Å². The van der Waals surface area contributed by atoms with Gasteiger partial charge in [-0.05, 0) is 24.1 Å². The minimum Gasteiger partial charge on any atom is -0.273 e. The number of allylic oxidation sites excluding steroid dienone is 1. The molecule has 0 radical (unpaired) electrons. The van der Waals surface area contributed by atoms with Crippen LogP contribution in [0.15, 0.2) is 71.8 Å². The van der Waals surface area contributed by atoms with Gasteiger partial charge in [0.25, 0.3) is 0 Å². The number of benzene rings is 2. The van der Waals surface area contributed by atoms with Gasteiger partial charge in [-0.2, -0.15) is 5.10 Å². The standard InChI is InChI=1S/C18H18N2O/c1-15(12-13-16-8-4-2-5-9-16)19-20-18(21)14-17-10-6-3-7-11-17/h2-13H,14H2,1H3,(H,20,21)/b13-12+,19-15?. The molecule has 0 saturated heterocycles. The number of hydrazone groups is 1. The lowest BCUT2D eigenvalue weighted by Gasteiger charge is -2.00. The van der Waals surface area contributed by atoms with Gasteiger partial charge < -0.3 is 0 Å². The van der Waals surface area contributed by atoms with Gasteiger partial charge in [-0.1, -0.05) is 66.7 Å². The first-order valence-electron chi connectivity index (χ1n) is 6.84. The topological polar surface area (TPSA) is 41.5 Å². The average molecular weight is 278 g/mol. The third-order valence-electron chi connectivity index (χ3n) is 2.88. The molecular formula is C18H18N2O. The predicted molar refractivity (Wildman–Crippen MR) is 86.9 cm³/mol. The Morgan fingerprint density at radius 2 is 1.67 bits per heavy atom. The van der Waals surface area contributed by atoms with E-state index in [4.69, 9.17) is 0 Å². The summed E-state index contributed by atoms with van der Waals surface area (Å²) < 4.78 is 0. The van der Waals surface area contributed by atoms with Gasteiger partial charge in [-0.15, -0.1) is 0 Å². The van der Waals surface area contributed by atoms with Crippen molar-refractivity contribution in [3.63, 3.8) is 0 Å². The third-order valence-corrected chi connectivity index (χ3v) is 2.88. The first-order chi connectivity index (χ1) is 10.2. The van der Waals surface area contributed by atoms with Gasteiger partial charge in [-0.25, -0.2) is 5.43 Å². The second kappa shape index (κ2) is 7.80. The molecule has 2 rings (SSSR count). The summed E-state index contributed by atoms with van der Waals surface area (Å²) >= 11 is 0. The van der Waals surface area contributed by atoms with E-state index in [1.165, 1.54) is 0 Å². The fourth-order valence-corrected chi connectivity index (χ4v) is 1.79. The number of hydrogen-bond donors (Lipinski definition) is 1. The summed E-state index contributed by atoms with van der Waals surface area (Å²) in [6, 6.07) is 19.6. The molecule has 0 aliphatic heterocycles. The number of nitrogens with one attached hydrogen (secondary N) is 1. The maximum Gasteiger partial charge on any atom is 0.244 e. The summed E-state index contributed by atoms with van der Waals surface area (Å²) in [4.78, 5) is 11.7. The number of rotatable bonds is 5. The van der Waals surface area contributed by atoms with Crippen molar-refractivity contribution in [2.45, 2.75) is 13.3 Å². The van der Waals surface area contributed by atoms with Crippen molar-refractivity contribution >= 4 is 17.7 Å². The van der Waals surface area contributed by atoms with Gasteiger partial charge in [0.15, 0.2) is 0 Å². The van der Waals surface area contributed by atoms with Gasteiger partial charge >= 0.3 is 0 Å². The maximum atomic E-state index is 11.7. The lowest BCUT2D eigenvalue weighted by atomic mass is 10.1. The molecule has 0 aliphatic carbocycles. The minimum absolute atomic E-state index is 0.117. The second-order valence-corrected chi connectivity index (χ2v) is 4.69. The Balaban J connectivity index is 1.85. The number of carbonyl (C=O) groups is 1. The monoisotopic (exact) mass is 278 g/mol. The van der Waals surface area contributed by atoms with Crippen LogP contribution in [0.25, 0.3) is 6.08 Å². The van der Waals surface area contributed by atoms with Crippen LogP contribution in [0.5, 0.6) is 0 Å². The first kappa shape index (κ1) is 14.7. The molecule has 0 atom stereocenters. The normalized spacial score (nSPS) is 11.6. The Morgan fingerprint density at radius 1 is 1.05 bits per heavy atom. The van der Waals surface area contributed by atoms with E-state index in [-0.39, 0.29) is 5.91 Å². The summed E-state index contributed by atoms with van der Waals surface area (Å²) in [5, 5.41) is 4.07. The quantitative estimate of drug-likeness (QED) is 0.660. The summed E-state index contributed by atoms with van der Waals surface area (Å²) in [6.45, 7) is 1.85. The number of carbonyl (C=O) groups excluding carboxylic acids is 1. The Hall–Kier alpha value is -2.68. The fourth-order valence-electron chi connectivity index (χ4n) is 1.79. The number of amides is 1. The zero-order chi connectivity index (χ0) is 14.9. The molecule has 0 unspecified atom stereocenters. The van der Waals surface area contributed by atoms with Crippen molar-refractivity contribution in [2.75, 3.05) is 0 Å². The van der Waals surface area contributed by atoms with E-state index in [1.54, 1.807) is 0 Å². The summed E-state index contributed by atoms with van der Waals surface area (Å²) in [5.74, 6) is -0.117. The molecule has 0 fully saturated rings. The largest absolute Gasteiger partial charge is 0.273 e. The summed E-state index contributed by atoms with van der Waals surface area (Å²) in [5.41, 5.74) is 5.39. The average Bonchev–Trinajstić information content (AvgIpc) is 2.53. The molecule has 2 aromatic carbocycles. The molecule has 0 heterocycles. The van der Waals surface area contributed by atoms with Gasteiger partial charge in [0.2, 0.25) is 5.91 Å². The molecule has 0 aromatic heterocycles. The zero-order valence-corrected chi connectivity index (χ0v) is 12.0.